The third-order valence-electron chi connectivity index (χ3n) is 3.13. The van der Waals surface area contributed by atoms with E-state index in [0.29, 0.717) is 19.1 Å². The Balaban J connectivity index is 2.28. The van der Waals surface area contributed by atoms with Crippen LogP contribution < -0.4 is 15.5 Å². The Bertz CT molecular complexity index is 256. The zero-order chi connectivity index (χ0) is 12.0. The monoisotopic (exact) mass is 228 g/mol. The van der Waals surface area contributed by atoms with E-state index in [9.17, 15) is 9.59 Å². The summed E-state index contributed by atoms with van der Waals surface area (Å²) in [6.45, 7) is 7.31. The lowest BCUT2D eigenvalue weighted by Gasteiger charge is -2.19. The van der Waals surface area contributed by atoms with Gasteiger partial charge in [-0.2, -0.15) is 0 Å². The average Bonchev–Trinajstić information content (AvgIpc) is 2.73. The Kier molecular flexibility index (Phi) is 5.25. The summed E-state index contributed by atoms with van der Waals surface area (Å²) in [4.78, 5) is 24.0. The predicted octanol–water partition coefficient (Wildman–Crippen LogP) is -1.69. The summed E-state index contributed by atoms with van der Waals surface area (Å²) in [5.74, 6) is -1.04. The number of carbonyl (C=O) groups is 2. The van der Waals surface area contributed by atoms with E-state index in [0.717, 1.165) is 13.0 Å². The average molecular weight is 228 g/mol. The van der Waals surface area contributed by atoms with Crippen LogP contribution in [0.3, 0.4) is 0 Å². The van der Waals surface area contributed by atoms with Crippen LogP contribution in [0.1, 0.15) is 26.7 Å². The van der Waals surface area contributed by atoms with E-state index in [1.165, 1.54) is 17.9 Å². The van der Waals surface area contributed by atoms with Crippen molar-refractivity contribution in [2.24, 2.45) is 0 Å². The smallest absolute Gasteiger partial charge is 0.309 e. The topological polar surface area (TPSA) is 62.6 Å². The molecule has 0 aromatic carbocycles. The lowest BCUT2D eigenvalue weighted by Crippen LogP contribution is -3.14. The van der Waals surface area contributed by atoms with Crippen LogP contribution in [0.5, 0.6) is 0 Å². The molecule has 1 saturated heterocycles. The lowest BCUT2D eigenvalue weighted by molar-refractivity contribution is -0.909. The summed E-state index contributed by atoms with van der Waals surface area (Å²) in [5.41, 5.74) is 0. The summed E-state index contributed by atoms with van der Waals surface area (Å²) < 4.78 is 0. The number of nitrogens with one attached hydrogen (secondary N) is 3. The fraction of sp³-hybridized carbons (Fsp3) is 0.818. The van der Waals surface area contributed by atoms with Crippen molar-refractivity contribution in [3.05, 3.63) is 0 Å². The molecule has 1 aliphatic heterocycles. The molecule has 0 saturated carbocycles. The van der Waals surface area contributed by atoms with Gasteiger partial charge in [0.2, 0.25) is 0 Å². The molecule has 1 aliphatic rings. The maximum atomic E-state index is 11.4. The fourth-order valence-electron chi connectivity index (χ4n) is 2.23. The van der Waals surface area contributed by atoms with Gasteiger partial charge in [-0.3, -0.25) is 9.59 Å². The number of likely N-dealkylation sites (N-methyl/N-ethyl adjacent to an activating group) is 2. The van der Waals surface area contributed by atoms with Crippen molar-refractivity contribution >= 4 is 11.8 Å². The summed E-state index contributed by atoms with van der Waals surface area (Å²) >= 11 is 0. The minimum atomic E-state index is -0.529. The molecule has 1 heterocycles. The van der Waals surface area contributed by atoms with Gasteiger partial charge in [0.1, 0.15) is 6.04 Å². The van der Waals surface area contributed by atoms with E-state index in [-0.39, 0.29) is 0 Å². The van der Waals surface area contributed by atoms with E-state index in [4.69, 9.17) is 0 Å². The lowest BCUT2D eigenvalue weighted by atomic mass is 10.2. The Morgan fingerprint density at radius 1 is 1.25 bits per heavy atom. The van der Waals surface area contributed by atoms with E-state index in [1.54, 1.807) is 6.92 Å². The molecule has 0 aromatic rings. The van der Waals surface area contributed by atoms with Crippen LogP contribution in [-0.4, -0.2) is 44.0 Å². The molecule has 92 valence electrons. The first-order valence-electron chi connectivity index (χ1n) is 6.09. The molecule has 0 aliphatic carbocycles. The molecule has 2 atom stereocenters. The van der Waals surface area contributed by atoms with Crippen LogP contribution in [0, 0.1) is 0 Å². The van der Waals surface area contributed by atoms with Gasteiger partial charge in [-0.05, 0) is 13.8 Å². The first-order valence-corrected chi connectivity index (χ1v) is 6.09. The van der Waals surface area contributed by atoms with Crippen molar-refractivity contribution < 1.29 is 14.5 Å². The molecule has 3 N–H and O–H groups in total. The highest BCUT2D eigenvalue weighted by Gasteiger charge is 2.27. The molecule has 1 fully saturated rings. The largest absolute Gasteiger partial charge is 0.348 e. The van der Waals surface area contributed by atoms with Crippen LogP contribution in [-0.2, 0) is 9.59 Å². The second kappa shape index (κ2) is 6.48. The normalized spacial score (nSPS) is 24.1. The van der Waals surface area contributed by atoms with Crippen LogP contribution >= 0.6 is 0 Å². The minimum Gasteiger partial charge on any atom is -0.348 e. The van der Waals surface area contributed by atoms with Crippen molar-refractivity contribution in [1.29, 1.82) is 0 Å². The van der Waals surface area contributed by atoms with Gasteiger partial charge in [0, 0.05) is 19.4 Å². The second-order valence-electron chi connectivity index (χ2n) is 4.17. The van der Waals surface area contributed by atoms with E-state index in [1.807, 2.05) is 0 Å². The molecule has 2 amide bonds. The van der Waals surface area contributed by atoms with Crippen LogP contribution in [0.4, 0.5) is 0 Å². The summed E-state index contributed by atoms with van der Waals surface area (Å²) in [5, 5.41) is 5.19. The van der Waals surface area contributed by atoms with Gasteiger partial charge in [-0.15, -0.1) is 0 Å². The molecule has 0 radical (unpaired) electrons. The van der Waals surface area contributed by atoms with Gasteiger partial charge >= 0.3 is 11.8 Å². The fourth-order valence-corrected chi connectivity index (χ4v) is 2.23. The Morgan fingerprint density at radius 2 is 1.94 bits per heavy atom. The second-order valence-corrected chi connectivity index (χ2v) is 4.17. The van der Waals surface area contributed by atoms with Crippen LogP contribution in [0.25, 0.3) is 0 Å². The van der Waals surface area contributed by atoms with E-state index in [2.05, 4.69) is 17.6 Å². The van der Waals surface area contributed by atoms with Crippen molar-refractivity contribution in [3.63, 3.8) is 0 Å². The number of hydrogen-bond donors (Lipinski definition) is 3. The third-order valence-corrected chi connectivity index (χ3v) is 3.13. The molecule has 5 nitrogen and oxygen atoms in total. The highest BCUT2D eigenvalue weighted by molar-refractivity contribution is 6.35. The third kappa shape index (κ3) is 3.48. The Hall–Kier alpha value is -1.10. The van der Waals surface area contributed by atoms with Crippen molar-refractivity contribution in [2.45, 2.75) is 32.7 Å². The molecule has 0 aromatic heterocycles. The summed E-state index contributed by atoms with van der Waals surface area (Å²) in [7, 11) is 0. The zero-order valence-electron chi connectivity index (χ0n) is 10.1. The van der Waals surface area contributed by atoms with Crippen LogP contribution in [0.2, 0.25) is 0 Å². The van der Waals surface area contributed by atoms with E-state index >= 15 is 0 Å². The van der Waals surface area contributed by atoms with Gasteiger partial charge in [-0.25, -0.2) is 0 Å². The number of rotatable bonds is 4. The predicted molar refractivity (Wildman–Crippen MR) is 61.1 cm³/mol. The number of amides is 2. The maximum Gasteiger partial charge on any atom is 0.309 e. The number of likely N-dealkylation sites (tertiary alicyclic amines) is 1. The molecular weight excluding hydrogens is 206 g/mol. The molecule has 5 heteroatoms. The summed E-state index contributed by atoms with van der Waals surface area (Å²) in [6, 6.07) is 0.475. The van der Waals surface area contributed by atoms with Gasteiger partial charge in [0.25, 0.3) is 0 Å². The number of carbonyl (C=O) groups excluding carboxylic acids is 2. The standard InChI is InChI=1S/C11H21N3O2/c1-3-12-10(15)11(16)13-8-9-6-5-7-14(9)4-2/h9H,3-8H2,1-2H3,(H,12,15)(H,13,16)/p+1/t9-/m1/s1. The Labute approximate surface area is 96.6 Å². The van der Waals surface area contributed by atoms with E-state index < -0.39 is 11.8 Å². The first kappa shape index (κ1) is 13.0. The minimum absolute atomic E-state index is 0.475. The van der Waals surface area contributed by atoms with Gasteiger partial charge in [-0.1, -0.05) is 0 Å². The van der Waals surface area contributed by atoms with Gasteiger partial charge in [0.05, 0.1) is 19.6 Å². The maximum absolute atomic E-state index is 11.4. The van der Waals surface area contributed by atoms with Crippen LogP contribution in [0.15, 0.2) is 0 Å². The SMILES string of the molecule is CCNC(=O)C(=O)NC[C@H]1CCC[NH+]1CC. The zero-order valence-corrected chi connectivity index (χ0v) is 10.1. The quantitative estimate of drug-likeness (QED) is 0.503. The molecule has 1 rings (SSSR count). The van der Waals surface area contributed by atoms with Crippen molar-refractivity contribution in [1.82, 2.24) is 10.6 Å². The molecule has 0 spiro atoms. The number of hydrogen-bond acceptors (Lipinski definition) is 2. The van der Waals surface area contributed by atoms with Gasteiger partial charge in [0.15, 0.2) is 0 Å². The van der Waals surface area contributed by atoms with Gasteiger partial charge < -0.3 is 15.5 Å². The first-order chi connectivity index (χ1) is 7.69. The molecular formula is C11H22N3O2+. The highest BCUT2D eigenvalue weighted by atomic mass is 16.2. The van der Waals surface area contributed by atoms with Crippen molar-refractivity contribution in [2.75, 3.05) is 26.2 Å². The molecule has 1 unspecified atom stereocenters. The molecule has 16 heavy (non-hydrogen) atoms. The van der Waals surface area contributed by atoms with Crippen molar-refractivity contribution in [3.8, 4) is 0 Å². The number of quaternary nitrogens is 1. The molecule has 0 bridgehead atoms. The summed E-state index contributed by atoms with van der Waals surface area (Å²) in [6.07, 6.45) is 2.35. The Morgan fingerprint density at radius 3 is 2.56 bits per heavy atom. The highest BCUT2D eigenvalue weighted by Crippen LogP contribution is 1.98.